The maximum atomic E-state index is 13.1. The fraction of sp³-hybridized carbons (Fsp3) is 0.150. The van der Waals surface area contributed by atoms with E-state index in [4.69, 9.17) is 44.9 Å². The van der Waals surface area contributed by atoms with Crippen molar-refractivity contribution in [2.45, 2.75) is 6.92 Å². The highest BCUT2D eigenvalue weighted by atomic mass is 35.5. The van der Waals surface area contributed by atoms with Crippen LogP contribution in [0.2, 0.25) is 10.0 Å². The number of nitrogens with one attached hydrogen (secondary N) is 1. The zero-order chi connectivity index (χ0) is 21.1. The summed E-state index contributed by atoms with van der Waals surface area (Å²) in [4.78, 5) is 26.7. The normalized spacial score (nSPS) is 15.5. The molecule has 2 aromatic rings. The molecule has 0 aromatic heterocycles. The van der Waals surface area contributed by atoms with E-state index in [9.17, 15) is 9.59 Å². The van der Waals surface area contributed by atoms with Crippen LogP contribution in [-0.4, -0.2) is 30.6 Å². The van der Waals surface area contributed by atoms with Gasteiger partial charge in [0.2, 0.25) is 0 Å². The number of carbonyl (C=O) groups excluding carboxylic acids is 2. The van der Waals surface area contributed by atoms with E-state index < -0.39 is 11.8 Å². The van der Waals surface area contributed by atoms with Crippen molar-refractivity contribution in [3.63, 3.8) is 0 Å². The third-order valence-corrected chi connectivity index (χ3v) is 4.73. The number of nitrogens with zero attached hydrogens (tertiary/aromatic N) is 1. The molecule has 0 bridgehead atoms. The van der Waals surface area contributed by atoms with Crippen molar-refractivity contribution in [1.29, 1.82) is 0 Å². The molecule has 150 valence electrons. The van der Waals surface area contributed by atoms with E-state index in [1.165, 1.54) is 36.3 Å². The number of ether oxygens (including phenoxy) is 2. The second-order valence-electron chi connectivity index (χ2n) is 5.93. The maximum Gasteiger partial charge on any atom is 0.270 e. The lowest BCUT2D eigenvalue weighted by atomic mass is 10.1. The first-order valence-corrected chi connectivity index (χ1v) is 9.69. The van der Waals surface area contributed by atoms with Crippen molar-refractivity contribution >= 4 is 64.1 Å². The largest absolute Gasteiger partial charge is 0.493 e. The van der Waals surface area contributed by atoms with Crippen molar-refractivity contribution in [2.24, 2.45) is 0 Å². The Morgan fingerprint density at radius 2 is 1.79 bits per heavy atom. The van der Waals surface area contributed by atoms with Gasteiger partial charge < -0.3 is 9.47 Å². The first kappa shape index (κ1) is 21.1. The molecule has 0 radical (unpaired) electrons. The lowest BCUT2D eigenvalue weighted by Crippen LogP contribution is -2.54. The third-order valence-electron chi connectivity index (χ3n) is 4.01. The van der Waals surface area contributed by atoms with Gasteiger partial charge in [0.05, 0.1) is 19.4 Å². The van der Waals surface area contributed by atoms with Gasteiger partial charge in [0, 0.05) is 10.0 Å². The van der Waals surface area contributed by atoms with Crippen LogP contribution in [-0.2, 0) is 9.59 Å². The van der Waals surface area contributed by atoms with Crippen LogP contribution in [0.4, 0.5) is 5.69 Å². The molecule has 6 nitrogen and oxygen atoms in total. The number of hydrogen-bond acceptors (Lipinski definition) is 5. The van der Waals surface area contributed by atoms with Crippen LogP contribution in [0.3, 0.4) is 0 Å². The summed E-state index contributed by atoms with van der Waals surface area (Å²) in [5.74, 6) is -0.144. The van der Waals surface area contributed by atoms with Gasteiger partial charge in [0.25, 0.3) is 11.8 Å². The summed E-state index contributed by atoms with van der Waals surface area (Å²) in [6.45, 7) is 2.34. The number of benzene rings is 2. The first-order valence-electron chi connectivity index (χ1n) is 8.52. The molecule has 0 unspecified atom stereocenters. The van der Waals surface area contributed by atoms with Crippen molar-refractivity contribution in [3.8, 4) is 11.5 Å². The molecule has 1 heterocycles. The minimum absolute atomic E-state index is 0.0558. The third kappa shape index (κ3) is 4.53. The lowest BCUT2D eigenvalue weighted by Gasteiger charge is -2.29. The Morgan fingerprint density at radius 1 is 1.10 bits per heavy atom. The molecule has 1 N–H and O–H groups in total. The van der Waals surface area contributed by atoms with Gasteiger partial charge in [0.1, 0.15) is 5.57 Å². The SMILES string of the molecule is CCOc1ccc(C=C2C(=O)NC(=S)N(c3cc(Cl)cc(Cl)c3)C2=O)cc1OC. The molecular weight excluding hydrogens is 435 g/mol. The minimum Gasteiger partial charge on any atom is -0.493 e. The number of thiocarbonyl (C=S) groups is 1. The van der Waals surface area contributed by atoms with E-state index >= 15 is 0 Å². The van der Waals surface area contributed by atoms with Crippen LogP contribution in [0.25, 0.3) is 6.08 Å². The van der Waals surface area contributed by atoms with Crippen LogP contribution in [0.15, 0.2) is 42.0 Å². The summed E-state index contributed by atoms with van der Waals surface area (Å²) in [5.41, 5.74) is 0.842. The Balaban J connectivity index is 2.01. The second-order valence-corrected chi connectivity index (χ2v) is 7.19. The number of hydrogen-bond donors (Lipinski definition) is 1. The summed E-state index contributed by atoms with van der Waals surface area (Å²) >= 11 is 17.3. The predicted molar refractivity (Wildman–Crippen MR) is 117 cm³/mol. The quantitative estimate of drug-likeness (QED) is 0.419. The molecule has 0 atom stereocenters. The molecule has 1 fully saturated rings. The first-order chi connectivity index (χ1) is 13.8. The maximum absolute atomic E-state index is 13.1. The molecule has 0 spiro atoms. The molecule has 9 heteroatoms. The zero-order valence-corrected chi connectivity index (χ0v) is 17.8. The van der Waals surface area contributed by atoms with E-state index in [-0.39, 0.29) is 10.7 Å². The Labute approximate surface area is 183 Å². The molecule has 1 aliphatic heterocycles. The second kappa shape index (κ2) is 8.82. The van der Waals surface area contributed by atoms with Crippen molar-refractivity contribution in [3.05, 3.63) is 57.6 Å². The van der Waals surface area contributed by atoms with Gasteiger partial charge in [-0.2, -0.15) is 0 Å². The molecule has 0 aliphatic carbocycles. The van der Waals surface area contributed by atoms with Gasteiger partial charge in [-0.05, 0) is 61.1 Å². The molecule has 2 aromatic carbocycles. The molecular formula is C20H16Cl2N2O4S. The van der Waals surface area contributed by atoms with Crippen LogP contribution >= 0.6 is 35.4 Å². The molecule has 1 saturated heterocycles. The van der Waals surface area contributed by atoms with Crippen LogP contribution < -0.4 is 19.7 Å². The van der Waals surface area contributed by atoms with Crippen molar-refractivity contribution in [2.75, 3.05) is 18.6 Å². The Morgan fingerprint density at radius 3 is 2.41 bits per heavy atom. The van der Waals surface area contributed by atoms with Gasteiger partial charge in [-0.3, -0.25) is 19.8 Å². The Hall–Kier alpha value is -2.61. The summed E-state index contributed by atoms with van der Waals surface area (Å²) in [7, 11) is 1.51. The summed E-state index contributed by atoms with van der Waals surface area (Å²) in [6.07, 6.45) is 1.46. The molecule has 29 heavy (non-hydrogen) atoms. The predicted octanol–water partition coefficient (Wildman–Crippen LogP) is 4.23. The lowest BCUT2D eigenvalue weighted by molar-refractivity contribution is -0.122. The van der Waals surface area contributed by atoms with Crippen LogP contribution in [0, 0.1) is 0 Å². The summed E-state index contributed by atoms with van der Waals surface area (Å²) in [5, 5.41) is 3.13. The number of anilines is 1. The monoisotopic (exact) mass is 450 g/mol. The molecule has 1 aliphatic rings. The number of halogens is 2. The van der Waals surface area contributed by atoms with Gasteiger partial charge in [-0.15, -0.1) is 0 Å². The van der Waals surface area contributed by atoms with Gasteiger partial charge in [-0.25, -0.2) is 0 Å². The van der Waals surface area contributed by atoms with Crippen molar-refractivity contribution in [1.82, 2.24) is 5.32 Å². The minimum atomic E-state index is -0.600. The van der Waals surface area contributed by atoms with Gasteiger partial charge in [-0.1, -0.05) is 29.3 Å². The average Bonchev–Trinajstić information content (AvgIpc) is 2.65. The average molecular weight is 451 g/mol. The highest BCUT2D eigenvalue weighted by Crippen LogP contribution is 2.31. The van der Waals surface area contributed by atoms with Crippen molar-refractivity contribution < 1.29 is 19.1 Å². The molecule has 3 rings (SSSR count). The van der Waals surface area contributed by atoms with E-state index in [2.05, 4.69) is 5.32 Å². The van der Waals surface area contributed by atoms with E-state index in [1.807, 2.05) is 6.92 Å². The fourth-order valence-corrected chi connectivity index (χ4v) is 3.57. The van der Waals surface area contributed by atoms with Crippen LogP contribution in [0.5, 0.6) is 11.5 Å². The molecule has 0 saturated carbocycles. The van der Waals surface area contributed by atoms with E-state index in [0.29, 0.717) is 39.4 Å². The van der Waals surface area contributed by atoms with Gasteiger partial charge >= 0.3 is 0 Å². The summed E-state index contributed by atoms with van der Waals surface area (Å²) in [6, 6.07) is 9.70. The van der Waals surface area contributed by atoms with Gasteiger partial charge in [0.15, 0.2) is 16.6 Å². The highest BCUT2D eigenvalue weighted by Gasteiger charge is 2.34. The van der Waals surface area contributed by atoms with E-state index in [0.717, 1.165) is 0 Å². The molecule has 2 amide bonds. The van der Waals surface area contributed by atoms with E-state index in [1.54, 1.807) is 18.2 Å². The summed E-state index contributed by atoms with van der Waals surface area (Å²) < 4.78 is 10.8. The number of amides is 2. The topological polar surface area (TPSA) is 67.9 Å². The Kier molecular flexibility index (Phi) is 6.42. The van der Waals surface area contributed by atoms with Crippen LogP contribution in [0.1, 0.15) is 12.5 Å². The number of rotatable bonds is 5. The smallest absolute Gasteiger partial charge is 0.270 e. The zero-order valence-electron chi connectivity index (χ0n) is 15.5. The standard InChI is InChI=1S/C20H16Cl2N2O4S/c1-3-28-16-5-4-11(7-17(16)27-2)6-15-18(25)23-20(29)24(19(15)26)14-9-12(21)8-13(22)10-14/h4-10H,3H2,1-2H3,(H,23,25,29). The number of methoxy groups -OCH3 is 1. The fourth-order valence-electron chi connectivity index (χ4n) is 2.78. The number of carbonyl (C=O) groups is 2. The highest BCUT2D eigenvalue weighted by molar-refractivity contribution is 7.80. The Bertz CT molecular complexity index is 1020.